The fraction of sp³-hybridized carbons (Fsp3) is 0.423. The summed E-state index contributed by atoms with van der Waals surface area (Å²) in [6, 6.07) is 16.5. The zero-order valence-electron chi connectivity index (χ0n) is 18.9. The molecule has 1 N–H and O–H groups in total. The fourth-order valence-corrected chi connectivity index (χ4v) is 4.86. The number of amides is 1. The van der Waals surface area contributed by atoms with Crippen LogP contribution in [0.15, 0.2) is 48.5 Å². The molecule has 1 fully saturated rings. The molecule has 3 aromatic rings. The van der Waals surface area contributed by atoms with E-state index in [1.54, 1.807) is 7.11 Å². The number of piperidine rings is 1. The van der Waals surface area contributed by atoms with Gasteiger partial charge in [-0.3, -0.25) is 9.69 Å². The Labute approximate surface area is 185 Å². The third-order valence-corrected chi connectivity index (χ3v) is 6.66. The number of aromatic nitrogens is 1. The summed E-state index contributed by atoms with van der Waals surface area (Å²) in [5, 5.41) is 4.47. The van der Waals surface area contributed by atoms with Gasteiger partial charge in [0.2, 0.25) is 5.91 Å². The number of nitrogens with zero attached hydrogens (tertiary/aromatic N) is 2. The van der Waals surface area contributed by atoms with Crippen molar-refractivity contribution in [1.82, 2.24) is 14.8 Å². The second-order valence-electron chi connectivity index (χ2n) is 8.41. The highest BCUT2D eigenvalue weighted by molar-refractivity contribution is 5.85. The molecule has 0 unspecified atom stereocenters. The summed E-state index contributed by atoms with van der Waals surface area (Å²) >= 11 is 0. The molecule has 0 spiro atoms. The average molecular weight is 420 g/mol. The Kier molecular flexibility index (Phi) is 6.62. The van der Waals surface area contributed by atoms with Gasteiger partial charge in [-0.25, -0.2) is 0 Å². The van der Waals surface area contributed by atoms with Crippen molar-refractivity contribution < 1.29 is 9.53 Å². The summed E-state index contributed by atoms with van der Waals surface area (Å²) in [7, 11) is 1.66. The molecule has 5 nitrogen and oxygen atoms in total. The zero-order chi connectivity index (χ0) is 21.8. The third-order valence-electron chi connectivity index (χ3n) is 6.66. The monoisotopic (exact) mass is 419 g/mol. The molecule has 1 amide bonds. The van der Waals surface area contributed by atoms with Crippen molar-refractivity contribution in [2.75, 3.05) is 20.2 Å². The van der Waals surface area contributed by atoms with E-state index in [9.17, 15) is 4.79 Å². The number of hydrogen-bond acceptors (Lipinski definition) is 3. The quantitative estimate of drug-likeness (QED) is 0.613. The van der Waals surface area contributed by atoms with Gasteiger partial charge in [-0.15, -0.1) is 0 Å². The van der Waals surface area contributed by atoms with E-state index >= 15 is 0 Å². The van der Waals surface area contributed by atoms with Gasteiger partial charge in [0.05, 0.1) is 7.11 Å². The van der Waals surface area contributed by atoms with Gasteiger partial charge >= 0.3 is 0 Å². The van der Waals surface area contributed by atoms with E-state index < -0.39 is 0 Å². The number of rotatable bonds is 7. The van der Waals surface area contributed by atoms with Crippen molar-refractivity contribution >= 4 is 16.8 Å². The van der Waals surface area contributed by atoms with Crippen LogP contribution in [0.2, 0.25) is 0 Å². The molecule has 4 rings (SSSR count). The minimum atomic E-state index is 0.0871. The van der Waals surface area contributed by atoms with Gasteiger partial charge in [0.25, 0.3) is 0 Å². The summed E-state index contributed by atoms with van der Waals surface area (Å²) in [6.45, 7) is 8.80. The molecular weight excluding hydrogens is 386 g/mol. The van der Waals surface area contributed by atoms with Crippen molar-refractivity contribution in [3.05, 3.63) is 65.4 Å². The highest BCUT2D eigenvalue weighted by Gasteiger charge is 2.26. The molecule has 1 aliphatic rings. The molecule has 2 aromatic carbocycles. The van der Waals surface area contributed by atoms with Crippen molar-refractivity contribution in [1.29, 1.82) is 0 Å². The molecule has 0 atom stereocenters. The summed E-state index contributed by atoms with van der Waals surface area (Å²) in [5.41, 5.74) is 5.12. The summed E-state index contributed by atoms with van der Waals surface area (Å²) in [5.74, 6) is 1.06. The number of aryl methyl sites for hydroxylation is 1. The van der Waals surface area contributed by atoms with Crippen LogP contribution in [0.25, 0.3) is 10.9 Å². The van der Waals surface area contributed by atoms with E-state index in [1.165, 1.54) is 22.2 Å². The smallest absolute Gasteiger partial charge is 0.223 e. The Morgan fingerprint density at radius 1 is 1.10 bits per heavy atom. The first-order valence-corrected chi connectivity index (χ1v) is 11.3. The molecule has 0 radical (unpaired) electrons. The molecule has 1 aromatic heterocycles. The molecular formula is C26H33N3O2. The predicted molar refractivity (Wildman–Crippen MR) is 125 cm³/mol. The lowest BCUT2D eigenvalue weighted by Crippen LogP contribution is -2.40. The number of likely N-dealkylation sites (tertiary alicyclic amines) is 1. The van der Waals surface area contributed by atoms with Crippen molar-refractivity contribution in [2.45, 2.75) is 46.3 Å². The number of fused-ring (bicyclic) bond motifs is 1. The standard InChI is InChI=1S/C26H33N3O2/c1-4-29-19(2)23(22-10-6-7-11-24(22)29)18-28-15-13-20(14-16-28)26(30)27-17-21-9-5-8-12-25(21)31-3/h5-12,20H,4,13-18H2,1-3H3,(H,27,30). The molecule has 1 aliphatic heterocycles. The van der Waals surface area contributed by atoms with Crippen molar-refractivity contribution in [3.63, 3.8) is 0 Å². The molecule has 164 valence electrons. The Morgan fingerprint density at radius 3 is 2.55 bits per heavy atom. The Bertz CT molecular complexity index is 1050. The van der Waals surface area contributed by atoms with Crippen LogP contribution in [0.1, 0.15) is 36.6 Å². The highest BCUT2D eigenvalue weighted by atomic mass is 16.5. The topological polar surface area (TPSA) is 46.5 Å². The van der Waals surface area contributed by atoms with Gasteiger partial charge < -0.3 is 14.6 Å². The number of para-hydroxylation sites is 2. The Balaban J connectivity index is 1.35. The van der Waals surface area contributed by atoms with Gasteiger partial charge in [-0.2, -0.15) is 0 Å². The number of nitrogens with one attached hydrogen (secondary N) is 1. The third kappa shape index (κ3) is 4.47. The highest BCUT2D eigenvalue weighted by Crippen LogP contribution is 2.29. The number of benzene rings is 2. The Morgan fingerprint density at radius 2 is 1.81 bits per heavy atom. The number of carbonyl (C=O) groups excluding carboxylic acids is 1. The lowest BCUT2D eigenvalue weighted by Gasteiger charge is -2.31. The fourth-order valence-electron chi connectivity index (χ4n) is 4.86. The van der Waals surface area contributed by atoms with Crippen LogP contribution in [-0.4, -0.2) is 35.6 Å². The van der Waals surface area contributed by atoms with E-state index in [0.717, 1.165) is 50.3 Å². The largest absolute Gasteiger partial charge is 0.496 e. The molecule has 5 heteroatoms. The average Bonchev–Trinajstić information content (AvgIpc) is 3.08. The van der Waals surface area contributed by atoms with Gasteiger partial charge in [0.15, 0.2) is 0 Å². The number of hydrogen-bond donors (Lipinski definition) is 1. The van der Waals surface area contributed by atoms with Crippen LogP contribution < -0.4 is 10.1 Å². The van der Waals surface area contributed by atoms with E-state index in [1.807, 2.05) is 24.3 Å². The van der Waals surface area contributed by atoms with Crippen LogP contribution >= 0.6 is 0 Å². The Hall–Kier alpha value is -2.79. The molecule has 0 aliphatic carbocycles. The van der Waals surface area contributed by atoms with Crippen LogP contribution in [0.5, 0.6) is 5.75 Å². The second kappa shape index (κ2) is 9.56. The van der Waals surface area contributed by atoms with Crippen LogP contribution in [0, 0.1) is 12.8 Å². The maximum Gasteiger partial charge on any atom is 0.223 e. The van der Waals surface area contributed by atoms with E-state index in [0.29, 0.717) is 6.54 Å². The van der Waals surface area contributed by atoms with Crippen LogP contribution in [0.3, 0.4) is 0 Å². The van der Waals surface area contributed by atoms with Crippen molar-refractivity contribution in [3.8, 4) is 5.75 Å². The number of methoxy groups -OCH3 is 1. The minimum absolute atomic E-state index is 0.0871. The lowest BCUT2D eigenvalue weighted by molar-refractivity contribution is -0.126. The van der Waals surface area contributed by atoms with E-state index in [2.05, 4.69) is 52.9 Å². The summed E-state index contributed by atoms with van der Waals surface area (Å²) in [6.07, 6.45) is 1.81. The molecule has 2 heterocycles. The number of ether oxygens (including phenoxy) is 1. The van der Waals surface area contributed by atoms with E-state index in [4.69, 9.17) is 4.74 Å². The number of carbonyl (C=O) groups is 1. The van der Waals surface area contributed by atoms with Crippen LogP contribution in [-0.2, 0) is 24.4 Å². The van der Waals surface area contributed by atoms with Gasteiger partial charge in [0, 0.05) is 47.7 Å². The molecule has 0 bridgehead atoms. The van der Waals surface area contributed by atoms with Gasteiger partial charge in [-0.1, -0.05) is 36.4 Å². The molecule has 31 heavy (non-hydrogen) atoms. The first-order valence-electron chi connectivity index (χ1n) is 11.3. The summed E-state index contributed by atoms with van der Waals surface area (Å²) in [4.78, 5) is 15.2. The first kappa shape index (κ1) is 21.4. The first-order chi connectivity index (χ1) is 15.1. The van der Waals surface area contributed by atoms with Gasteiger partial charge in [0.1, 0.15) is 5.75 Å². The predicted octanol–water partition coefficient (Wildman–Crippen LogP) is 4.51. The normalized spacial score (nSPS) is 15.3. The second-order valence-corrected chi connectivity index (χ2v) is 8.41. The van der Waals surface area contributed by atoms with E-state index in [-0.39, 0.29) is 11.8 Å². The van der Waals surface area contributed by atoms with Crippen LogP contribution in [0.4, 0.5) is 0 Å². The van der Waals surface area contributed by atoms with Gasteiger partial charge in [-0.05, 0) is 57.5 Å². The zero-order valence-corrected chi connectivity index (χ0v) is 18.9. The SMILES string of the molecule is CCn1c(C)c(CN2CCC(C(=O)NCc3ccccc3OC)CC2)c2ccccc21. The minimum Gasteiger partial charge on any atom is -0.496 e. The maximum absolute atomic E-state index is 12.7. The molecule has 1 saturated heterocycles. The summed E-state index contributed by atoms with van der Waals surface area (Å²) < 4.78 is 7.79. The molecule has 0 saturated carbocycles. The van der Waals surface area contributed by atoms with Crippen molar-refractivity contribution in [2.24, 2.45) is 5.92 Å². The lowest BCUT2D eigenvalue weighted by atomic mass is 9.95. The maximum atomic E-state index is 12.7.